The number of benzene rings is 1. The second kappa shape index (κ2) is 8.52. The molecule has 1 aromatic carbocycles. The van der Waals surface area contributed by atoms with Gasteiger partial charge in [0.1, 0.15) is 0 Å². The minimum Gasteiger partial charge on any atom is -0.370 e. The normalized spacial score (nSPS) is 21.8. The fourth-order valence-corrected chi connectivity index (χ4v) is 2.94. The third-order valence-corrected chi connectivity index (χ3v) is 4.32. The summed E-state index contributed by atoms with van der Waals surface area (Å²) in [7, 11) is 0. The molecule has 0 radical (unpaired) electrons. The molecule has 1 fully saturated rings. The third kappa shape index (κ3) is 5.37. The van der Waals surface area contributed by atoms with E-state index in [0.717, 1.165) is 31.4 Å². The van der Waals surface area contributed by atoms with Crippen LogP contribution in [0.4, 0.5) is 0 Å². The van der Waals surface area contributed by atoms with Crippen molar-refractivity contribution in [3.63, 3.8) is 0 Å². The van der Waals surface area contributed by atoms with Gasteiger partial charge in [0.05, 0.1) is 18.0 Å². The van der Waals surface area contributed by atoms with E-state index >= 15 is 0 Å². The molecule has 23 heavy (non-hydrogen) atoms. The molecule has 0 spiro atoms. The Morgan fingerprint density at radius 1 is 1.43 bits per heavy atom. The van der Waals surface area contributed by atoms with Crippen LogP contribution in [0.15, 0.2) is 24.3 Å². The zero-order chi connectivity index (χ0) is 16.2. The van der Waals surface area contributed by atoms with Gasteiger partial charge in [0, 0.05) is 5.02 Å². The second-order valence-corrected chi connectivity index (χ2v) is 6.40. The fourth-order valence-electron chi connectivity index (χ4n) is 2.74. The maximum Gasteiger partial charge on any atom is 0.240 e. The van der Waals surface area contributed by atoms with Crippen LogP contribution in [0, 0.1) is 0 Å². The van der Waals surface area contributed by atoms with Crippen LogP contribution in [0.5, 0.6) is 0 Å². The number of halogens is 2. The molecule has 5 nitrogen and oxygen atoms in total. The third-order valence-electron chi connectivity index (χ3n) is 4.08. The SMILES string of the molecule is CC1(C(=O)N[C@H](CC(N)=O)c2cccc(Cl)c2)CCCCN1.Cl. The lowest BCUT2D eigenvalue weighted by atomic mass is 9.89. The number of rotatable bonds is 5. The fraction of sp³-hybridized carbons (Fsp3) is 0.500. The standard InChI is InChI=1S/C16H22ClN3O2.ClH/c1-16(7-2-3-8-19-16)15(22)20-13(10-14(18)21)11-5-4-6-12(17)9-11;/h4-6,9,13,19H,2-3,7-8,10H2,1H3,(H2,18,21)(H,20,22);1H/t13-,16?;/m1./s1. The van der Waals surface area contributed by atoms with Gasteiger partial charge in [-0.05, 0) is 50.4 Å². The molecule has 2 rings (SSSR count). The molecule has 2 atom stereocenters. The van der Waals surface area contributed by atoms with Crippen LogP contribution in [0.25, 0.3) is 0 Å². The van der Waals surface area contributed by atoms with E-state index in [0.29, 0.717) is 5.02 Å². The second-order valence-electron chi connectivity index (χ2n) is 5.97. The molecule has 1 aliphatic rings. The van der Waals surface area contributed by atoms with Crippen molar-refractivity contribution in [3.8, 4) is 0 Å². The summed E-state index contributed by atoms with van der Waals surface area (Å²) in [5, 5.41) is 6.76. The number of carbonyl (C=O) groups excluding carboxylic acids is 2. The molecular weight excluding hydrogens is 337 g/mol. The van der Waals surface area contributed by atoms with Crippen molar-refractivity contribution < 1.29 is 9.59 Å². The maximum absolute atomic E-state index is 12.6. The van der Waals surface area contributed by atoms with Gasteiger partial charge < -0.3 is 16.4 Å². The molecule has 1 aliphatic heterocycles. The summed E-state index contributed by atoms with van der Waals surface area (Å²) < 4.78 is 0. The molecule has 128 valence electrons. The van der Waals surface area contributed by atoms with Crippen LogP contribution in [-0.2, 0) is 9.59 Å². The molecule has 7 heteroatoms. The van der Waals surface area contributed by atoms with E-state index in [1.807, 2.05) is 13.0 Å². The molecule has 1 heterocycles. The Morgan fingerprint density at radius 2 is 2.17 bits per heavy atom. The highest BCUT2D eigenvalue weighted by molar-refractivity contribution is 6.30. The predicted molar refractivity (Wildman–Crippen MR) is 93.7 cm³/mol. The van der Waals surface area contributed by atoms with Gasteiger partial charge in [-0.25, -0.2) is 0 Å². The first-order chi connectivity index (χ1) is 10.4. The van der Waals surface area contributed by atoms with E-state index in [-0.39, 0.29) is 24.7 Å². The van der Waals surface area contributed by atoms with Crippen molar-refractivity contribution in [1.29, 1.82) is 0 Å². The number of carbonyl (C=O) groups is 2. The monoisotopic (exact) mass is 359 g/mol. The Hall–Kier alpha value is -1.30. The summed E-state index contributed by atoms with van der Waals surface area (Å²) in [5.74, 6) is -0.578. The Labute approximate surface area is 147 Å². The maximum atomic E-state index is 12.6. The highest BCUT2D eigenvalue weighted by atomic mass is 35.5. The first-order valence-corrected chi connectivity index (χ1v) is 7.88. The summed E-state index contributed by atoms with van der Waals surface area (Å²) in [6.07, 6.45) is 2.90. The van der Waals surface area contributed by atoms with Crippen molar-refractivity contribution in [2.24, 2.45) is 5.73 Å². The van der Waals surface area contributed by atoms with E-state index in [4.69, 9.17) is 17.3 Å². The molecule has 4 N–H and O–H groups in total. The van der Waals surface area contributed by atoms with Gasteiger partial charge in [-0.3, -0.25) is 9.59 Å². The van der Waals surface area contributed by atoms with Gasteiger partial charge in [0.15, 0.2) is 0 Å². The number of piperidine rings is 1. The van der Waals surface area contributed by atoms with Gasteiger partial charge in [0.2, 0.25) is 11.8 Å². The zero-order valence-corrected chi connectivity index (χ0v) is 14.7. The van der Waals surface area contributed by atoms with Gasteiger partial charge in [-0.2, -0.15) is 0 Å². The van der Waals surface area contributed by atoms with Crippen LogP contribution in [0.2, 0.25) is 5.02 Å². The molecule has 0 saturated carbocycles. The first-order valence-electron chi connectivity index (χ1n) is 7.50. The minimum atomic E-state index is -0.604. The van der Waals surface area contributed by atoms with Gasteiger partial charge in [-0.1, -0.05) is 23.7 Å². The molecule has 0 aromatic heterocycles. The number of hydrogen-bond donors (Lipinski definition) is 3. The summed E-state index contributed by atoms with van der Waals surface area (Å²) in [6.45, 7) is 2.71. The molecule has 1 saturated heterocycles. The lowest BCUT2D eigenvalue weighted by Crippen LogP contribution is -2.57. The zero-order valence-electron chi connectivity index (χ0n) is 13.1. The lowest BCUT2D eigenvalue weighted by molar-refractivity contribution is -0.129. The average Bonchev–Trinajstić information content (AvgIpc) is 2.47. The molecular formula is C16H23Cl2N3O2. The number of hydrogen-bond acceptors (Lipinski definition) is 3. The van der Waals surface area contributed by atoms with E-state index in [1.165, 1.54) is 0 Å². The van der Waals surface area contributed by atoms with Gasteiger partial charge >= 0.3 is 0 Å². The molecule has 0 bridgehead atoms. The quantitative estimate of drug-likeness (QED) is 0.754. The number of nitrogens with one attached hydrogen (secondary N) is 2. The number of primary amides is 1. The van der Waals surface area contributed by atoms with Crippen LogP contribution < -0.4 is 16.4 Å². The van der Waals surface area contributed by atoms with E-state index in [1.54, 1.807) is 18.2 Å². The molecule has 2 amide bonds. The summed E-state index contributed by atoms with van der Waals surface area (Å²) in [5.41, 5.74) is 5.49. The summed E-state index contributed by atoms with van der Waals surface area (Å²) in [4.78, 5) is 23.9. The van der Waals surface area contributed by atoms with Crippen LogP contribution in [-0.4, -0.2) is 23.9 Å². The van der Waals surface area contributed by atoms with Crippen molar-refractivity contribution in [3.05, 3.63) is 34.9 Å². The van der Waals surface area contributed by atoms with Crippen molar-refractivity contribution >= 4 is 35.8 Å². The molecule has 1 aromatic rings. The van der Waals surface area contributed by atoms with Crippen LogP contribution in [0.3, 0.4) is 0 Å². The Morgan fingerprint density at radius 3 is 2.74 bits per heavy atom. The highest BCUT2D eigenvalue weighted by Gasteiger charge is 2.35. The van der Waals surface area contributed by atoms with Crippen molar-refractivity contribution in [1.82, 2.24) is 10.6 Å². The van der Waals surface area contributed by atoms with Crippen molar-refractivity contribution in [2.45, 2.75) is 44.2 Å². The predicted octanol–water partition coefficient (Wildman–Crippen LogP) is 2.33. The number of amides is 2. The van der Waals surface area contributed by atoms with Crippen LogP contribution >= 0.6 is 24.0 Å². The van der Waals surface area contributed by atoms with Crippen molar-refractivity contribution in [2.75, 3.05) is 6.54 Å². The Kier molecular flexibility index (Phi) is 7.32. The topological polar surface area (TPSA) is 84.2 Å². The summed E-state index contributed by atoms with van der Waals surface area (Å²) >= 11 is 6.00. The highest BCUT2D eigenvalue weighted by Crippen LogP contribution is 2.24. The smallest absolute Gasteiger partial charge is 0.240 e. The lowest BCUT2D eigenvalue weighted by Gasteiger charge is -2.35. The van der Waals surface area contributed by atoms with E-state index in [2.05, 4.69) is 10.6 Å². The van der Waals surface area contributed by atoms with E-state index < -0.39 is 17.5 Å². The Bertz CT molecular complexity index is 560. The average molecular weight is 360 g/mol. The molecule has 0 aliphatic carbocycles. The first kappa shape index (κ1) is 19.7. The Balaban J connectivity index is 0.00000264. The van der Waals surface area contributed by atoms with Crippen LogP contribution in [0.1, 0.15) is 44.2 Å². The summed E-state index contributed by atoms with van der Waals surface area (Å²) in [6, 6.07) is 6.64. The largest absolute Gasteiger partial charge is 0.370 e. The molecule has 1 unspecified atom stereocenters. The number of nitrogens with two attached hydrogens (primary N) is 1. The van der Waals surface area contributed by atoms with Gasteiger partial charge in [-0.15, -0.1) is 12.4 Å². The van der Waals surface area contributed by atoms with E-state index in [9.17, 15) is 9.59 Å². The minimum absolute atomic E-state index is 0. The van der Waals surface area contributed by atoms with Gasteiger partial charge in [0.25, 0.3) is 0 Å².